The molecule has 0 radical (unpaired) electrons. The Bertz CT molecular complexity index is 459. The van der Waals surface area contributed by atoms with E-state index in [0.717, 1.165) is 11.0 Å². The van der Waals surface area contributed by atoms with Gasteiger partial charge in [0, 0.05) is 0 Å². The minimum Gasteiger partial charge on any atom is -0.276 e. The van der Waals surface area contributed by atoms with E-state index in [1.807, 2.05) is 6.07 Å². The molecule has 1 fully saturated rings. The molecule has 2 aromatic rings. The van der Waals surface area contributed by atoms with E-state index in [-0.39, 0.29) is 0 Å². The summed E-state index contributed by atoms with van der Waals surface area (Å²) in [4.78, 5) is 4.18. The highest BCUT2D eigenvalue weighted by atomic mass is 35.5. The Morgan fingerprint density at radius 2 is 2.31 bits per heavy atom. The van der Waals surface area contributed by atoms with Gasteiger partial charge < -0.3 is 0 Å². The Balaban J connectivity index is 2.33. The van der Waals surface area contributed by atoms with Crippen LogP contribution in [-0.2, 0) is 0 Å². The minimum absolute atomic E-state index is 0.566. The zero-order valence-electron chi connectivity index (χ0n) is 6.92. The molecule has 1 aliphatic rings. The Hall–Kier alpha value is -1.09. The van der Waals surface area contributed by atoms with Gasteiger partial charge in [-0.25, -0.2) is 4.98 Å². The molecular formula is C9H8ClN3. The summed E-state index contributed by atoms with van der Waals surface area (Å²) < 4.78 is 0. The second-order valence-corrected chi connectivity index (χ2v) is 3.83. The number of rotatable bonds is 1. The van der Waals surface area contributed by atoms with Crippen molar-refractivity contribution in [2.45, 2.75) is 18.8 Å². The summed E-state index contributed by atoms with van der Waals surface area (Å²) in [6.07, 6.45) is 4.23. The van der Waals surface area contributed by atoms with Crippen molar-refractivity contribution in [2.24, 2.45) is 0 Å². The van der Waals surface area contributed by atoms with Crippen molar-refractivity contribution in [1.29, 1.82) is 0 Å². The second kappa shape index (κ2) is 2.45. The molecule has 0 aliphatic heterocycles. The highest BCUT2D eigenvalue weighted by Crippen LogP contribution is 2.42. The number of hydrogen-bond donors (Lipinski definition) is 1. The van der Waals surface area contributed by atoms with Gasteiger partial charge in [-0.3, -0.25) is 5.10 Å². The molecule has 1 N–H and O–H groups in total. The van der Waals surface area contributed by atoms with E-state index in [0.29, 0.717) is 11.1 Å². The summed E-state index contributed by atoms with van der Waals surface area (Å²) in [6.45, 7) is 0. The molecule has 0 bridgehead atoms. The molecule has 3 nitrogen and oxygen atoms in total. The van der Waals surface area contributed by atoms with Crippen LogP contribution in [0.2, 0.25) is 5.15 Å². The molecule has 13 heavy (non-hydrogen) atoms. The number of halogens is 1. The van der Waals surface area contributed by atoms with E-state index in [4.69, 9.17) is 11.6 Å². The summed E-state index contributed by atoms with van der Waals surface area (Å²) in [6, 6.07) is 1.94. The lowest BCUT2D eigenvalue weighted by atomic mass is 10.1. The number of pyridine rings is 1. The maximum absolute atomic E-state index is 5.90. The van der Waals surface area contributed by atoms with Crippen molar-refractivity contribution in [3.05, 3.63) is 23.0 Å². The lowest BCUT2D eigenvalue weighted by Gasteiger charge is -1.99. The summed E-state index contributed by atoms with van der Waals surface area (Å²) in [5.74, 6) is 0.670. The molecule has 0 spiro atoms. The summed E-state index contributed by atoms with van der Waals surface area (Å²) in [5, 5.41) is 7.50. The smallest absolute Gasteiger partial charge is 0.130 e. The molecule has 3 rings (SSSR count). The van der Waals surface area contributed by atoms with E-state index in [1.165, 1.54) is 18.4 Å². The first kappa shape index (κ1) is 7.33. The number of aromatic amines is 1. The van der Waals surface area contributed by atoms with E-state index >= 15 is 0 Å². The number of nitrogens with zero attached hydrogens (tertiary/aromatic N) is 2. The molecule has 1 aliphatic carbocycles. The third kappa shape index (κ3) is 1.11. The first-order valence-corrected chi connectivity index (χ1v) is 4.72. The maximum atomic E-state index is 5.90. The zero-order chi connectivity index (χ0) is 8.84. The van der Waals surface area contributed by atoms with Gasteiger partial charge in [0.25, 0.3) is 0 Å². The van der Waals surface area contributed by atoms with E-state index in [2.05, 4.69) is 15.2 Å². The van der Waals surface area contributed by atoms with E-state index < -0.39 is 0 Å². The van der Waals surface area contributed by atoms with Crippen LogP contribution < -0.4 is 0 Å². The molecule has 2 heterocycles. The van der Waals surface area contributed by atoms with Crippen LogP contribution in [0.15, 0.2) is 12.3 Å². The first-order valence-electron chi connectivity index (χ1n) is 4.34. The standard InChI is InChI=1S/C9H8ClN3/c10-8-3-6(5-1-2-5)9-7(12-8)4-11-13-9/h3-5H,1-2H2,(H,11,13). The summed E-state index contributed by atoms with van der Waals surface area (Å²) >= 11 is 5.90. The van der Waals surface area contributed by atoms with Gasteiger partial charge in [-0.2, -0.15) is 5.10 Å². The zero-order valence-corrected chi connectivity index (χ0v) is 7.67. The fourth-order valence-corrected chi connectivity index (χ4v) is 1.85. The molecule has 0 atom stereocenters. The van der Waals surface area contributed by atoms with Gasteiger partial charge in [-0.15, -0.1) is 0 Å². The highest BCUT2D eigenvalue weighted by molar-refractivity contribution is 6.29. The topological polar surface area (TPSA) is 41.6 Å². The predicted molar refractivity (Wildman–Crippen MR) is 50.9 cm³/mol. The van der Waals surface area contributed by atoms with Crippen LogP contribution in [0.5, 0.6) is 0 Å². The normalized spacial score (nSPS) is 16.7. The van der Waals surface area contributed by atoms with Crippen LogP contribution >= 0.6 is 11.6 Å². The molecule has 0 amide bonds. The predicted octanol–water partition coefficient (Wildman–Crippen LogP) is 2.49. The molecule has 0 unspecified atom stereocenters. The fourth-order valence-electron chi connectivity index (χ4n) is 1.64. The third-order valence-electron chi connectivity index (χ3n) is 2.43. The number of nitrogens with one attached hydrogen (secondary N) is 1. The van der Waals surface area contributed by atoms with Crippen molar-refractivity contribution in [3.8, 4) is 0 Å². The van der Waals surface area contributed by atoms with Crippen LogP contribution in [0.4, 0.5) is 0 Å². The van der Waals surface area contributed by atoms with Crippen LogP contribution in [-0.4, -0.2) is 15.2 Å². The number of H-pyrrole nitrogens is 1. The fraction of sp³-hybridized carbons (Fsp3) is 0.333. The van der Waals surface area contributed by atoms with Crippen molar-refractivity contribution < 1.29 is 0 Å². The van der Waals surface area contributed by atoms with Gasteiger partial charge in [0.1, 0.15) is 10.7 Å². The van der Waals surface area contributed by atoms with Crippen molar-refractivity contribution >= 4 is 22.6 Å². The molecule has 0 aromatic carbocycles. The molecule has 4 heteroatoms. The summed E-state index contributed by atoms with van der Waals surface area (Å²) in [7, 11) is 0. The van der Waals surface area contributed by atoms with Gasteiger partial charge in [-0.05, 0) is 30.4 Å². The monoisotopic (exact) mass is 193 g/mol. The molecule has 2 aromatic heterocycles. The largest absolute Gasteiger partial charge is 0.276 e. The van der Waals surface area contributed by atoms with Crippen LogP contribution in [0.25, 0.3) is 11.0 Å². The number of fused-ring (bicyclic) bond motifs is 1. The maximum Gasteiger partial charge on any atom is 0.130 e. The van der Waals surface area contributed by atoms with Gasteiger partial charge in [0.05, 0.1) is 11.7 Å². The molecule has 66 valence electrons. The minimum atomic E-state index is 0.566. The van der Waals surface area contributed by atoms with E-state index in [1.54, 1.807) is 6.20 Å². The Kier molecular flexibility index (Phi) is 1.38. The Labute approximate surface area is 80.1 Å². The van der Waals surface area contributed by atoms with Crippen molar-refractivity contribution in [3.63, 3.8) is 0 Å². The Morgan fingerprint density at radius 3 is 3.08 bits per heavy atom. The second-order valence-electron chi connectivity index (χ2n) is 3.44. The van der Waals surface area contributed by atoms with E-state index in [9.17, 15) is 0 Å². The first-order chi connectivity index (χ1) is 6.34. The van der Waals surface area contributed by atoms with Gasteiger partial charge >= 0.3 is 0 Å². The number of aromatic nitrogens is 3. The third-order valence-corrected chi connectivity index (χ3v) is 2.62. The molecular weight excluding hydrogens is 186 g/mol. The Morgan fingerprint density at radius 1 is 1.46 bits per heavy atom. The average molecular weight is 194 g/mol. The van der Waals surface area contributed by atoms with Crippen molar-refractivity contribution in [1.82, 2.24) is 15.2 Å². The van der Waals surface area contributed by atoms with Gasteiger partial charge in [-0.1, -0.05) is 11.6 Å². The lowest BCUT2D eigenvalue weighted by molar-refractivity contribution is 1.08. The van der Waals surface area contributed by atoms with Gasteiger partial charge in [0.15, 0.2) is 0 Å². The van der Waals surface area contributed by atoms with Crippen LogP contribution in [0, 0.1) is 0 Å². The quantitative estimate of drug-likeness (QED) is 0.707. The molecule has 0 saturated heterocycles. The summed E-state index contributed by atoms with van der Waals surface area (Å²) in [5.41, 5.74) is 3.19. The molecule has 1 saturated carbocycles. The number of hydrogen-bond acceptors (Lipinski definition) is 2. The SMILES string of the molecule is Clc1cc(C2CC2)c2[nH]ncc2n1. The highest BCUT2D eigenvalue weighted by Gasteiger charge is 2.26. The van der Waals surface area contributed by atoms with Crippen LogP contribution in [0.1, 0.15) is 24.3 Å². The average Bonchev–Trinajstić information content (AvgIpc) is 2.84. The van der Waals surface area contributed by atoms with Crippen LogP contribution in [0.3, 0.4) is 0 Å². The lowest BCUT2D eigenvalue weighted by Crippen LogP contribution is -1.85. The van der Waals surface area contributed by atoms with Gasteiger partial charge in [0.2, 0.25) is 0 Å². The van der Waals surface area contributed by atoms with Crippen molar-refractivity contribution in [2.75, 3.05) is 0 Å².